The number of hydrogen-bond donors (Lipinski definition) is 1. The van der Waals surface area contributed by atoms with Gasteiger partial charge in [0.05, 0.1) is 12.3 Å². The number of hydrogen-bond acceptors (Lipinski definition) is 5. The van der Waals surface area contributed by atoms with E-state index < -0.39 is 48.3 Å². The number of alkyl halides is 7. The minimum absolute atomic E-state index is 0.121. The molecule has 0 saturated carbocycles. The van der Waals surface area contributed by atoms with Crippen molar-refractivity contribution in [3.63, 3.8) is 0 Å². The molecule has 1 aromatic heterocycles. The fourth-order valence-electron chi connectivity index (χ4n) is 1.92. The Morgan fingerprint density at radius 1 is 1.17 bits per heavy atom. The molecule has 1 amide bonds. The van der Waals surface area contributed by atoms with Gasteiger partial charge in [0, 0.05) is 19.5 Å². The zero-order chi connectivity index (χ0) is 22.6. The van der Waals surface area contributed by atoms with E-state index in [9.17, 15) is 45.1 Å². The first-order chi connectivity index (χ1) is 13.1. The highest BCUT2D eigenvalue weighted by atomic mass is 19.4. The number of nitrogens with zero attached hydrogens (tertiary/aromatic N) is 2. The Hall–Kier alpha value is -2.67. The van der Waals surface area contributed by atoms with Crippen LogP contribution in [-0.2, 0) is 20.7 Å². The summed E-state index contributed by atoms with van der Waals surface area (Å²) in [5, 5.41) is 1.15. The van der Waals surface area contributed by atoms with Gasteiger partial charge in [-0.15, -0.1) is 0 Å². The van der Waals surface area contributed by atoms with Crippen LogP contribution >= 0.6 is 0 Å². The maximum absolute atomic E-state index is 13.5. The van der Waals surface area contributed by atoms with Crippen LogP contribution in [0.1, 0.15) is 30.8 Å². The molecule has 0 bridgehead atoms. The van der Waals surface area contributed by atoms with E-state index in [4.69, 9.17) is 0 Å². The van der Waals surface area contributed by atoms with E-state index in [2.05, 4.69) is 9.72 Å². The van der Waals surface area contributed by atoms with Gasteiger partial charge < -0.3 is 10.1 Å². The van der Waals surface area contributed by atoms with Gasteiger partial charge in [-0.25, -0.2) is 9.78 Å². The molecule has 0 spiro atoms. The number of rotatable bonds is 8. The Kier molecular flexibility index (Phi) is 7.38. The van der Waals surface area contributed by atoms with Gasteiger partial charge in [0.2, 0.25) is 5.91 Å². The number of carbonyl (C=O) groups excluding carboxylic acids is 3. The third-order valence-corrected chi connectivity index (χ3v) is 3.49. The van der Waals surface area contributed by atoms with Gasteiger partial charge in [-0.3, -0.25) is 14.2 Å². The van der Waals surface area contributed by atoms with Crippen molar-refractivity contribution in [1.82, 2.24) is 14.9 Å². The lowest BCUT2D eigenvalue weighted by Crippen LogP contribution is -2.61. The summed E-state index contributed by atoms with van der Waals surface area (Å²) in [5.41, 5.74) is -0.121. The summed E-state index contributed by atoms with van der Waals surface area (Å²) >= 11 is 0. The van der Waals surface area contributed by atoms with Crippen LogP contribution in [0.4, 0.5) is 30.7 Å². The maximum atomic E-state index is 13.5. The molecule has 1 rings (SSSR count). The number of amides is 1. The fourth-order valence-corrected chi connectivity index (χ4v) is 1.92. The smallest absolute Gasteiger partial charge is 0.460 e. The van der Waals surface area contributed by atoms with E-state index >= 15 is 0 Å². The van der Waals surface area contributed by atoms with E-state index in [1.54, 1.807) is 6.92 Å². The van der Waals surface area contributed by atoms with Crippen LogP contribution in [0.25, 0.3) is 0 Å². The summed E-state index contributed by atoms with van der Waals surface area (Å²) in [6.07, 6.45) is -5.11. The lowest BCUT2D eigenvalue weighted by molar-refractivity contribution is -0.344. The quantitative estimate of drug-likeness (QED) is 0.500. The van der Waals surface area contributed by atoms with Gasteiger partial charge in [-0.2, -0.15) is 30.7 Å². The number of aromatic nitrogens is 2. The molecular formula is C15H16F7N3O4. The highest BCUT2D eigenvalue weighted by Gasteiger charge is 2.76. The van der Waals surface area contributed by atoms with Crippen molar-refractivity contribution >= 4 is 17.8 Å². The second-order valence-electron chi connectivity index (χ2n) is 5.84. The molecule has 0 aliphatic carbocycles. The average Bonchev–Trinajstić information content (AvgIpc) is 3.06. The van der Waals surface area contributed by atoms with Crippen molar-refractivity contribution in [2.24, 2.45) is 0 Å². The zero-order valence-electron chi connectivity index (χ0n) is 15.0. The van der Waals surface area contributed by atoms with Crippen molar-refractivity contribution in [1.29, 1.82) is 0 Å². The Morgan fingerprint density at radius 3 is 2.21 bits per heavy atom. The topological polar surface area (TPSA) is 90.3 Å². The van der Waals surface area contributed by atoms with Gasteiger partial charge in [-0.05, 0) is 6.42 Å². The monoisotopic (exact) mass is 435 g/mol. The molecule has 1 aromatic rings. The highest BCUT2D eigenvalue weighted by Crippen LogP contribution is 2.46. The SMILES string of the molecule is CCCOC(=O)C(Cc1cn(C(C)=O)cn1)NC(=O)C(F)(F)C(F)(F)C(F)(F)F. The molecule has 1 heterocycles. The summed E-state index contributed by atoms with van der Waals surface area (Å²) in [6.45, 7) is 2.47. The van der Waals surface area contributed by atoms with Crippen molar-refractivity contribution in [2.45, 2.75) is 50.8 Å². The molecule has 164 valence electrons. The van der Waals surface area contributed by atoms with E-state index in [0.29, 0.717) is 0 Å². The van der Waals surface area contributed by atoms with Crippen LogP contribution in [0, 0.1) is 0 Å². The summed E-state index contributed by atoms with van der Waals surface area (Å²) in [7, 11) is 0. The Bertz CT molecular complexity index is 761. The summed E-state index contributed by atoms with van der Waals surface area (Å²) in [6, 6.07) is -2.06. The first-order valence-electron chi connectivity index (χ1n) is 7.98. The number of imidazole rings is 1. The van der Waals surface area contributed by atoms with Crippen molar-refractivity contribution in [2.75, 3.05) is 6.61 Å². The second kappa shape index (κ2) is 8.78. The number of esters is 1. The van der Waals surface area contributed by atoms with Crippen LogP contribution < -0.4 is 5.32 Å². The Morgan fingerprint density at radius 2 is 1.76 bits per heavy atom. The van der Waals surface area contributed by atoms with Crippen LogP contribution in [0.5, 0.6) is 0 Å². The molecule has 7 nitrogen and oxygen atoms in total. The van der Waals surface area contributed by atoms with Gasteiger partial charge in [0.25, 0.3) is 5.91 Å². The number of ether oxygens (including phenoxy) is 1. The first-order valence-corrected chi connectivity index (χ1v) is 7.98. The standard InChI is InChI=1S/C15H16F7N3O4/c1-3-4-29-11(27)10(5-9-6-25(7-23-9)8(2)26)24-12(28)13(16,17)14(18,19)15(20,21)22/h6-7,10H,3-5H2,1-2H3,(H,24,28). The normalized spacial score (nSPS) is 13.7. The average molecular weight is 435 g/mol. The molecule has 29 heavy (non-hydrogen) atoms. The fraction of sp³-hybridized carbons (Fsp3) is 0.600. The molecule has 0 radical (unpaired) electrons. The molecule has 0 saturated heterocycles. The lowest BCUT2D eigenvalue weighted by Gasteiger charge is -2.28. The summed E-state index contributed by atoms with van der Waals surface area (Å²) in [4.78, 5) is 38.4. The lowest BCUT2D eigenvalue weighted by atomic mass is 10.1. The molecule has 0 fully saturated rings. The van der Waals surface area contributed by atoms with Crippen LogP contribution in [-0.4, -0.2) is 58.0 Å². The molecule has 0 aromatic carbocycles. The van der Waals surface area contributed by atoms with Crippen LogP contribution in [0.2, 0.25) is 0 Å². The highest BCUT2D eigenvalue weighted by molar-refractivity contribution is 5.89. The van der Waals surface area contributed by atoms with Gasteiger partial charge in [0.1, 0.15) is 12.4 Å². The molecule has 1 N–H and O–H groups in total. The van der Waals surface area contributed by atoms with E-state index in [1.165, 1.54) is 0 Å². The van der Waals surface area contributed by atoms with E-state index in [-0.39, 0.29) is 18.7 Å². The molecule has 14 heteroatoms. The number of carbonyl (C=O) groups is 3. The predicted octanol–water partition coefficient (Wildman–Crippen LogP) is 2.36. The second-order valence-corrected chi connectivity index (χ2v) is 5.84. The largest absolute Gasteiger partial charge is 0.464 e. The third kappa shape index (κ3) is 5.44. The Balaban J connectivity index is 3.11. The molecular weight excluding hydrogens is 419 g/mol. The van der Waals surface area contributed by atoms with E-state index in [0.717, 1.165) is 29.3 Å². The van der Waals surface area contributed by atoms with Crippen LogP contribution in [0.3, 0.4) is 0 Å². The van der Waals surface area contributed by atoms with Crippen molar-refractivity contribution in [3.8, 4) is 0 Å². The molecule has 1 atom stereocenters. The minimum atomic E-state index is -6.72. The van der Waals surface area contributed by atoms with Gasteiger partial charge >= 0.3 is 24.0 Å². The zero-order valence-corrected chi connectivity index (χ0v) is 15.0. The molecule has 1 unspecified atom stereocenters. The number of halogens is 7. The van der Waals surface area contributed by atoms with Crippen LogP contribution in [0.15, 0.2) is 12.5 Å². The van der Waals surface area contributed by atoms with Crippen molar-refractivity contribution < 1.29 is 49.9 Å². The van der Waals surface area contributed by atoms with E-state index in [1.807, 2.05) is 0 Å². The first kappa shape index (κ1) is 24.4. The molecule has 0 aliphatic heterocycles. The Labute approximate surface area is 159 Å². The maximum Gasteiger partial charge on any atom is 0.460 e. The third-order valence-electron chi connectivity index (χ3n) is 3.49. The van der Waals surface area contributed by atoms with Gasteiger partial charge in [0.15, 0.2) is 0 Å². The molecule has 0 aliphatic rings. The number of nitrogens with one attached hydrogen (secondary N) is 1. The summed E-state index contributed by atoms with van der Waals surface area (Å²) < 4.78 is 95.3. The van der Waals surface area contributed by atoms with Crippen molar-refractivity contribution in [3.05, 3.63) is 18.2 Å². The van der Waals surface area contributed by atoms with Gasteiger partial charge in [-0.1, -0.05) is 6.92 Å². The predicted molar refractivity (Wildman–Crippen MR) is 81.4 cm³/mol. The summed E-state index contributed by atoms with van der Waals surface area (Å²) in [5.74, 6) is -17.8. The minimum Gasteiger partial charge on any atom is -0.464 e.